The largest absolute Gasteiger partial charge is 0.480 e. The van der Waals surface area contributed by atoms with Gasteiger partial charge in [-0.25, -0.2) is 9.18 Å². The van der Waals surface area contributed by atoms with Gasteiger partial charge in [-0.05, 0) is 18.2 Å². The highest BCUT2D eigenvalue weighted by atomic mass is 19.1. The van der Waals surface area contributed by atoms with Crippen LogP contribution in [0.15, 0.2) is 18.2 Å². The maximum atomic E-state index is 13.6. The Morgan fingerprint density at radius 2 is 2.14 bits per heavy atom. The summed E-state index contributed by atoms with van der Waals surface area (Å²) in [5.41, 5.74) is -1.29. The Kier molecular flexibility index (Phi) is 3.05. The van der Waals surface area contributed by atoms with Crippen molar-refractivity contribution in [3.63, 3.8) is 0 Å². The van der Waals surface area contributed by atoms with E-state index in [0.717, 1.165) is 6.07 Å². The average Bonchev–Trinajstić information content (AvgIpc) is 2.73. The first-order valence-corrected chi connectivity index (χ1v) is 6.65. The monoisotopic (exact) mass is 307 g/mol. The summed E-state index contributed by atoms with van der Waals surface area (Å²) in [6, 6.07) is 2.97. The van der Waals surface area contributed by atoms with E-state index in [1.54, 1.807) is 14.1 Å². The number of carbonyl (C=O) groups excluding carboxylic acids is 3. The molecule has 1 saturated heterocycles. The van der Waals surface area contributed by atoms with Crippen molar-refractivity contribution in [1.29, 1.82) is 0 Å². The first-order valence-electron chi connectivity index (χ1n) is 6.65. The first-order chi connectivity index (χ1) is 10.3. The Morgan fingerprint density at radius 1 is 1.41 bits per heavy atom. The van der Waals surface area contributed by atoms with Gasteiger partial charge >= 0.3 is 6.03 Å². The number of hydrogen-bond acceptors (Lipinski definition) is 4. The number of fused-ring (bicyclic) bond motifs is 2. The van der Waals surface area contributed by atoms with Crippen LogP contribution in [0.5, 0.6) is 5.75 Å². The number of halogens is 1. The molecule has 2 atom stereocenters. The fraction of sp³-hybridized carbons (Fsp3) is 0.357. The molecule has 4 amide bonds. The molecule has 0 bridgehead atoms. The third-order valence-electron chi connectivity index (χ3n) is 3.82. The molecular weight excluding hydrogens is 293 g/mol. The number of ether oxygens (including phenoxy) is 1. The van der Waals surface area contributed by atoms with Crippen LogP contribution in [0.2, 0.25) is 0 Å². The quantitative estimate of drug-likeness (QED) is 0.720. The first kappa shape index (κ1) is 14.3. The number of nitrogens with one attached hydrogen (secondary N) is 2. The van der Waals surface area contributed by atoms with E-state index >= 15 is 0 Å². The van der Waals surface area contributed by atoms with Gasteiger partial charge in [-0.2, -0.15) is 0 Å². The molecular formula is C14H14FN3O4. The van der Waals surface area contributed by atoms with Crippen molar-refractivity contribution in [3.8, 4) is 5.75 Å². The van der Waals surface area contributed by atoms with Crippen molar-refractivity contribution in [3.05, 3.63) is 29.6 Å². The molecule has 22 heavy (non-hydrogen) atoms. The average molecular weight is 307 g/mol. The maximum Gasteiger partial charge on any atom is 0.322 e. The highest BCUT2D eigenvalue weighted by Gasteiger charge is 2.54. The number of nitrogens with zero attached hydrogens (tertiary/aromatic N) is 1. The summed E-state index contributed by atoms with van der Waals surface area (Å²) in [4.78, 5) is 37.4. The topological polar surface area (TPSA) is 87.7 Å². The number of hydrogen-bond donors (Lipinski definition) is 2. The number of imide groups is 1. The molecule has 0 saturated carbocycles. The SMILES string of the molecule is CN(C)C(=O)[C@H]1C[C@@]2(NC(=O)NC2=O)c2cc(F)ccc2O1. The van der Waals surface area contributed by atoms with Crippen molar-refractivity contribution >= 4 is 17.8 Å². The van der Waals surface area contributed by atoms with Gasteiger partial charge < -0.3 is 15.0 Å². The lowest BCUT2D eigenvalue weighted by Crippen LogP contribution is -2.53. The van der Waals surface area contributed by atoms with E-state index in [1.165, 1.54) is 17.0 Å². The van der Waals surface area contributed by atoms with Gasteiger partial charge in [-0.3, -0.25) is 14.9 Å². The van der Waals surface area contributed by atoms with Crippen LogP contribution in [-0.4, -0.2) is 42.9 Å². The number of benzene rings is 1. The van der Waals surface area contributed by atoms with Crippen molar-refractivity contribution in [2.75, 3.05) is 14.1 Å². The molecule has 8 heteroatoms. The summed E-state index contributed by atoms with van der Waals surface area (Å²) in [5.74, 6) is -1.33. The van der Waals surface area contributed by atoms with Crippen LogP contribution in [0.25, 0.3) is 0 Å². The minimum atomic E-state index is -1.50. The number of amides is 4. The zero-order valence-electron chi connectivity index (χ0n) is 12.0. The number of urea groups is 1. The highest BCUT2D eigenvalue weighted by molar-refractivity contribution is 6.08. The molecule has 2 aliphatic heterocycles. The van der Waals surface area contributed by atoms with Crippen molar-refractivity contribution in [2.45, 2.75) is 18.1 Å². The molecule has 1 aromatic carbocycles. The van der Waals surface area contributed by atoms with E-state index in [0.29, 0.717) is 0 Å². The third-order valence-corrected chi connectivity index (χ3v) is 3.82. The second-order valence-electron chi connectivity index (χ2n) is 5.50. The molecule has 3 rings (SSSR count). The predicted octanol–water partition coefficient (Wildman–Crippen LogP) is 0.0997. The van der Waals surface area contributed by atoms with Gasteiger partial charge in [-0.15, -0.1) is 0 Å². The summed E-state index contributed by atoms with van der Waals surface area (Å²) < 4.78 is 19.2. The molecule has 2 aliphatic rings. The van der Waals surface area contributed by atoms with Gasteiger partial charge in [0, 0.05) is 26.1 Å². The van der Waals surface area contributed by atoms with Crippen LogP contribution in [0.4, 0.5) is 9.18 Å². The number of rotatable bonds is 1. The maximum absolute atomic E-state index is 13.6. The molecule has 2 N–H and O–H groups in total. The molecule has 1 aromatic rings. The van der Waals surface area contributed by atoms with Gasteiger partial charge in [0.2, 0.25) is 0 Å². The minimum Gasteiger partial charge on any atom is -0.480 e. The zero-order chi connectivity index (χ0) is 16.1. The summed E-state index contributed by atoms with van der Waals surface area (Å²) in [7, 11) is 3.12. The molecule has 0 radical (unpaired) electrons. The molecule has 116 valence electrons. The van der Waals surface area contributed by atoms with E-state index in [4.69, 9.17) is 4.74 Å². The summed E-state index contributed by atoms with van der Waals surface area (Å²) >= 11 is 0. The lowest BCUT2D eigenvalue weighted by atomic mass is 9.81. The number of likely N-dealkylation sites (N-methyl/N-ethyl adjacent to an activating group) is 1. The van der Waals surface area contributed by atoms with Gasteiger partial charge in [0.1, 0.15) is 11.6 Å². The van der Waals surface area contributed by atoms with Crippen molar-refractivity contribution in [2.24, 2.45) is 0 Å². The fourth-order valence-corrected chi connectivity index (χ4v) is 2.77. The summed E-state index contributed by atoms with van der Waals surface area (Å²) in [6.07, 6.45) is -1.05. The molecule has 0 aliphatic carbocycles. The standard InChI is InChI=1S/C14H14FN3O4/c1-18(2)11(19)10-6-14(12(20)16-13(21)17-14)8-5-7(15)3-4-9(8)22-10/h3-5,10H,6H2,1-2H3,(H2,16,17,20,21)/t10-,14-/m1/s1. The van der Waals surface area contributed by atoms with Gasteiger partial charge in [0.15, 0.2) is 11.6 Å². The van der Waals surface area contributed by atoms with E-state index < -0.39 is 29.4 Å². The molecule has 0 aromatic heterocycles. The van der Waals surface area contributed by atoms with Crippen LogP contribution in [-0.2, 0) is 15.1 Å². The Balaban J connectivity index is 2.12. The van der Waals surface area contributed by atoms with Gasteiger partial charge in [0.05, 0.1) is 0 Å². The van der Waals surface area contributed by atoms with Crippen molar-refractivity contribution in [1.82, 2.24) is 15.5 Å². The number of carbonyl (C=O) groups is 3. The predicted molar refractivity (Wildman–Crippen MR) is 72.5 cm³/mol. The Bertz CT molecular complexity index is 691. The van der Waals surface area contributed by atoms with Crippen LogP contribution in [0.3, 0.4) is 0 Å². The van der Waals surface area contributed by atoms with E-state index in [-0.39, 0.29) is 23.6 Å². The van der Waals surface area contributed by atoms with Crippen LogP contribution in [0.1, 0.15) is 12.0 Å². The summed E-state index contributed by atoms with van der Waals surface area (Å²) in [5, 5.41) is 4.64. The van der Waals surface area contributed by atoms with Gasteiger partial charge in [-0.1, -0.05) is 0 Å². The molecule has 0 unspecified atom stereocenters. The fourth-order valence-electron chi connectivity index (χ4n) is 2.77. The normalized spacial score (nSPS) is 26.0. The molecule has 2 heterocycles. The lowest BCUT2D eigenvalue weighted by molar-refractivity contribution is -0.139. The van der Waals surface area contributed by atoms with E-state index in [9.17, 15) is 18.8 Å². The second-order valence-corrected chi connectivity index (χ2v) is 5.50. The molecule has 1 spiro atoms. The molecule has 1 fully saturated rings. The third kappa shape index (κ3) is 1.99. The van der Waals surface area contributed by atoms with Crippen LogP contribution >= 0.6 is 0 Å². The van der Waals surface area contributed by atoms with Crippen LogP contribution in [0, 0.1) is 5.82 Å². The van der Waals surface area contributed by atoms with Crippen LogP contribution < -0.4 is 15.4 Å². The zero-order valence-corrected chi connectivity index (χ0v) is 12.0. The molecule has 7 nitrogen and oxygen atoms in total. The lowest BCUT2D eigenvalue weighted by Gasteiger charge is -2.37. The van der Waals surface area contributed by atoms with E-state index in [2.05, 4.69) is 10.6 Å². The highest BCUT2D eigenvalue weighted by Crippen LogP contribution is 2.41. The Morgan fingerprint density at radius 3 is 2.73 bits per heavy atom. The van der Waals surface area contributed by atoms with E-state index in [1.807, 2.05) is 0 Å². The minimum absolute atomic E-state index is 0.0992. The van der Waals surface area contributed by atoms with Crippen molar-refractivity contribution < 1.29 is 23.5 Å². The smallest absolute Gasteiger partial charge is 0.322 e. The second kappa shape index (κ2) is 4.69. The summed E-state index contributed by atoms with van der Waals surface area (Å²) in [6.45, 7) is 0. The Labute approximate surface area is 125 Å². The Hall–Kier alpha value is -2.64. The van der Waals surface area contributed by atoms with Gasteiger partial charge in [0.25, 0.3) is 11.8 Å².